The second-order valence-electron chi connectivity index (χ2n) is 4.38. The number of sulfonamides is 1. The van der Waals surface area contributed by atoms with Crippen molar-refractivity contribution < 1.29 is 21.9 Å². The minimum atomic E-state index is -3.42. The Morgan fingerprint density at radius 2 is 1.84 bits per heavy atom. The van der Waals surface area contributed by atoms with Crippen LogP contribution in [0, 0.1) is 0 Å². The van der Waals surface area contributed by atoms with Crippen LogP contribution in [-0.2, 0) is 10.0 Å². The van der Waals surface area contributed by atoms with E-state index in [1.807, 2.05) is 0 Å². The van der Waals surface area contributed by atoms with E-state index in [0.29, 0.717) is 5.56 Å². The molecule has 0 aliphatic rings. The molecule has 0 saturated carbocycles. The van der Waals surface area contributed by atoms with Crippen LogP contribution in [0.2, 0.25) is 0 Å². The molecule has 19 heavy (non-hydrogen) atoms. The van der Waals surface area contributed by atoms with Crippen LogP contribution < -0.4 is 9.46 Å². The van der Waals surface area contributed by atoms with Crippen molar-refractivity contribution in [2.75, 3.05) is 0 Å². The van der Waals surface area contributed by atoms with Crippen LogP contribution in [-0.4, -0.2) is 20.3 Å². The van der Waals surface area contributed by atoms with E-state index >= 15 is 0 Å². The first kappa shape index (κ1) is 15.8. The lowest BCUT2D eigenvalue weighted by Crippen LogP contribution is -2.32. The molecule has 4 nitrogen and oxygen atoms in total. The van der Waals surface area contributed by atoms with Gasteiger partial charge in [-0.25, -0.2) is 13.1 Å². The van der Waals surface area contributed by atoms with Crippen LogP contribution in [0.3, 0.4) is 0 Å². The first-order chi connectivity index (χ1) is 8.72. The van der Waals surface area contributed by atoms with Crippen LogP contribution in [0.1, 0.15) is 32.4 Å². The Morgan fingerprint density at radius 3 is 2.37 bits per heavy atom. The Kier molecular flexibility index (Phi) is 5.25. The molecular weight excluding hydrogens is 276 g/mol. The van der Waals surface area contributed by atoms with Gasteiger partial charge in [0.2, 0.25) is 10.0 Å². The van der Waals surface area contributed by atoms with E-state index in [-0.39, 0.29) is 5.75 Å². The van der Waals surface area contributed by atoms with Gasteiger partial charge >= 0.3 is 6.61 Å². The number of nitrogens with one attached hydrogen (secondary N) is 1. The summed E-state index contributed by atoms with van der Waals surface area (Å²) < 4.78 is 54.4. The summed E-state index contributed by atoms with van der Waals surface area (Å²) in [4.78, 5) is 0. The van der Waals surface area contributed by atoms with Gasteiger partial charge in [-0.3, -0.25) is 0 Å². The molecular formula is C12H17F2NO3S. The fraction of sp³-hybridized carbons (Fsp3) is 0.500. The van der Waals surface area contributed by atoms with Gasteiger partial charge in [0, 0.05) is 6.04 Å². The van der Waals surface area contributed by atoms with E-state index in [2.05, 4.69) is 9.46 Å². The van der Waals surface area contributed by atoms with Gasteiger partial charge in [-0.2, -0.15) is 8.78 Å². The van der Waals surface area contributed by atoms with Crippen LogP contribution >= 0.6 is 0 Å². The molecule has 0 radical (unpaired) electrons. The molecule has 7 heteroatoms. The molecule has 1 aromatic rings. The smallest absolute Gasteiger partial charge is 0.387 e. The summed E-state index contributed by atoms with van der Waals surface area (Å²) >= 11 is 0. The van der Waals surface area contributed by atoms with Gasteiger partial charge < -0.3 is 4.74 Å². The summed E-state index contributed by atoms with van der Waals surface area (Å²) in [6, 6.07) is 5.44. The molecule has 0 aromatic heterocycles. The summed E-state index contributed by atoms with van der Waals surface area (Å²) in [5.41, 5.74) is 0.558. The molecule has 0 spiro atoms. The SMILES string of the molecule is CC(NS(=O)(=O)C(C)C)c1cccc(OC(F)F)c1. The van der Waals surface area contributed by atoms with Crippen LogP contribution in [0.5, 0.6) is 5.75 Å². The molecule has 108 valence electrons. The van der Waals surface area contributed by atoms with E-state index < -0.39 is 27.9 Å². The lowest BCUT2D eigenvalue weighted by Gasteiger charge is -2.17. The van der Waals surface area contributed by atoms with E-state index in [1.165, 1.54) is 18.2 Å². The van der Waals surface area contributed by atoms with E-state index in [0.717, 1.165) is 0 Å². The number of alkyl halides is 2. The summed E-state index contributed by atoms with van der Waals surface area (Å²) in [6.45, 7) is 1.86. The quantitative estimate of drug-likeness (QED) is 0.877. The molecule has 0 aliphatic heterocycles. The third kappa shape index (κ3) is 4.76. The molecule has 0 amide bonds. The zero-order chi connectivity index (χ0) is 14.6. The van der Waals surface area contributed by atoms with Crippen molar-refractivity contribution in [3.05, 3.63) is 29.8 Å². The van der Waals surface area contributed by atoms with Crippen LogP contribution in [0.4, 0.5) is 8.78 Å². The lowest BCUT2D eigenvalue weighted by molar-refractivity contribution is -0.0499. The molecule has 1 unspecified atom stereocenters. The molecule has 1 N–H and O–H groups in total. The molecule has 1 rings (SSSR count). The Balaban J connectivity index is 2.86. The maximum absolute atomic E-state index is 12.1. The normalized spacial score (nSPS) is 13.8. The largest absolute Gasteiger partial charge is 0.435 e. The molecule has 1 atom stereocenters. The first-order valence-corrected chi connectivity index (χ1v) is 7.33. The zero-order valence-corrected chi connectivity index (χ0v) is 11.7. The minimum absolute atomic E-state index is 0.00287. The predicted octanol–water partition coefficient (Wildman–Crippen LogP) is 2.68. The van der Waals surface area contributed by atoms with Crippen LogP contribution in [0.25, 0.3) is 0 Å². The Morgan fingerprint density at radius 1 is 1.21 bits per heavy atom. The topological polar surface area (TPSA) is 55.4 Å². The van der Waals surface area contributed by atoms with Gasteiger partial charge in [0.25, 0.3) is 0 Å². The summed E-state index contributed by atoms with van der Waals surface area (Å²) in [5.74, 6) is 0.00287. The highest BCUT2D eigenvalue weighted by Gasteiger charge is 2.19. The highest BCUT2D eigenvalue weighted by molar-refractivity contribution is 7.90. The molecule has 0 aliphatic carbocycles. The van der Waals surface area contributed by atoms with Crippen molar-refractivity contribution in [2.45, 2.75) is 38.7 Å². The number of benzene rings is 1. The maximum Gasteiger partial charge on any atom is 0.387 e. The zero-order valence-electron chi connectivity index (χ0n) is 10.9. The van der Waals surface area contributed by atoms with Crippen molar-refractivity contribution in [2.24, 2.45) is 0 Å². The fourth-order valence-electron chi connectivity index (χ4n) is 1.41. The number of hydrogen-bond donors (Lipinski definition) is 1. The van der Waals surface area contributed by atoms with E-state index in [1.54, 1.807) is 26.8 Å². The Bertz CT molecular complexity index is 517. The fourth-order valence-corrected chi connectivity index (χ4v) is 2.31. The van der Waals surface area contributed by atoms with E-state index in [9.17, 15) is 17.2 Å². The summed E-state index contributed by atoms with van der Waals surface area (Å²) in [7, 11) is -3.42. The number of ether oxygens (including phenoxy) is 1. The second kappa shape index (κ2) is 6.29. The Labute approximate surface area is 111 Å². The highest BCUT2D eigenvalue weighted by atomic mass is 32.2. The predicted molar refractivity (Wildman–Crippen MR) is 68.7 cm³/mol. The van der Waals surface area contributed by atoms with E-state index in [4.69, 9.17) is 0 Å². The molecule has 0 bridgehead atoms. The lowest BCUT2D eigenvalue weighted by atomic mass is 10.1. The number of halogens is 2. The minimum Gasteiger partial charge on any atom is -0.435 e. The third-order valence-electron chi connectivity index (χ3n) is 2.54. The number of hydrogen-bond acceptors (Lipinski definition) is 3. The average Bonchev–Trinajstić information content (AvgIpc) is 2.27. The van der Waals surface area contributed by atoms with Crippen molar-refractivity contribution in [1.82, 2.24) is 4.72 Å². The van der Waals surface area contributed by atoms with Crippen LogP contribution in [0.15, 0.2) is 24.3 Å². The van der Waals surface area contributed by atoms with Crippen molar-refractivity contribution in [3.8, 4) is 5.75 Å². The Hall–Kier alpha value is -1.21. The van der Waals surface area contributed by atoms with Gasteiger partial charge in [0.05, 0.1) is 5.25 Å². The third-order valence-corrected chi connectivity index (χ3v) is 4.47. The van der Waals surface area contributed by atoms with Gasteiger partial charge in [-0.15, -0.1) is 0 Å². The van der Waals surface area contributed by atoms with Gasteiger partial charge in [0.1, 0.15) is 5.75 Å². The van der Waals surface area contributed by atoms with Gasteiger partial charge in [-0.05, 0) is 38.5 Å². The highest BCUT2D eigenvalue weighted by Crippen LogP contribution is 2.21. The number of rotatable bonds is 6. The molecule has 0 heterocycles. The van der Waals surface area contributed by atoms with Crippen molar-refractivity contribution >= 4 is 10.0 Å². The summed E-state index contributed by atoms with van der Waals surface area (Å²) in [5, 5.41) is -0.560. The molecule has 1 aromatic carbocycles. The standard InChI is InChI=1S/C12H17F2NO3S/c1-8(2)19(16,17)15-9(3)10-5-4-6-11(7-10)18-12(13)14/h4-9,12,15H,1-3H3. The van der Waals surface area contributed by atoms with Gasteiger partial charge in [0.15, 0.2) is 0 Å². The second-order valence-corrected chi connectivity index (χ2v) is 6.65. The average molecular weight is 293 g/mol. The monoisotopic (exact) mass is 293 g/mol. The van der Waals surface area contributed by atoms with Gasteiger partial charge in [-0.1, -0.05) is 12.1 Å². The summed E-state index contributed by atoms with van der Waals surface area (Å²) in [6.07, 6.45) is 0. The first-order valence-electron chi connectivity index (χ1n) is 5.78. The maximum atomic E-state index is 12.1. The van der Waals surface area contributed by atoms with Crippen molar-refractivity contribution in [3.63, 3.8) is 0 Å². The molecule has 0 fully saturated rings. The van der Waals surface area contributed by atoms with Crippen molar-refractivity contribution in [1.29, 1.82) is 0 Å². The molecule has 0 saturated heterocycles.